The van der Waals surface area contributed by atoms with Crippen LogP contribution in [0, 0.1) is 12.7 Å². The molecule has 5 rings (SSSR count). The van der Waals surface area contributed by atoms with Crippen LogP contribution in [0.5, 0.6) is 5.75 Å². The van der Waals surface area contributed by atoms with Gasteiger partial charge >= 0.3 is 0 Å². The number of anilines is 3. The predicted octanol–water partition coefficient (Wildman–Crippen LogP) is 4.69. The number of nitrogens with zero attached hydrogens (tertiary/aromatic N) is 4. The highest BCUT2D eigenvalue weighted by atomic mass is 32.1. The maximum absolute atomic E-state index is 13.7. The molecule has 1 N–H and O–H groups in total. The van der Waals surface area contributed by atoms with Crippen molar-refractivity contribution in [3.63, 3.8) is 0 Å². The number of hydrogen-bond acceptors (Lipinski definition) is 6. The quantitative estimate of drug-likeness (QED) is 0.345. The third kappa shape index (κ3) is 6.88. The molecule has 2 saturated heterocycles. The fraction of sp³-hybridized carbons (Fsp3) is 0.344. The smallest absolute Gasteiger partial charge is 0.256 e. The summed E-state index contributed by atoms with van der Waals surface area (Å²) in [6, 6.07) is 20.7. The first-order valence-corrected chi connectivity index (χ1v) is 14.6. The van der Waals surface area contributed by atoms with Crippen LogP contribution in [-0.2, 0) is 9.59 Å². The van der Waals surface area contributed by atoms with Gasteiger partial charge in [0.1, 0.15) is 17.6 Å². The average Bonchev–Trinajstić information content (AvgIpc) is 3.22. The van der Waals surface area contributed by atoms with Crippen LogP contribution in [0.4, 0.5) is 21.5 Å². The van der Waals surface area contributed by atoms with E-state index in [-0.39, 0.29) is 24.1 Å². The lowest BCUT2D eigenvalue weighted by Crippen LogP contribution is -2.47. The van der Waals surface area contributed by atoms with Gasteiger partial charge in [-0.15, -0.1) is 0 Å². The number of aryl methyl sites for hydroxylation is 1. The van der Waals surface area contributed by atoms with Crippen LogP contribution in [0.2, 0.25) is 0 Å². The Morgan fingerprint density at radius 3 is 2.21 bits per heavy atom. The van der Waals surface area contributed by atoms with E-state index in [1.807, 2.05) is 48.2 Å². The normalized spacial score (nSPS) is 17.6. The van der Waals surface area contributed by atoms with E-state index in [4.69, 9.17) is 17.0 Å². The van der Waals surface area contributed by atoms with Gasteiger partial charge in [0.15, 0.2) is 5.11 Å². The van der Waals surface area contributed by atoms with E-state index in [1.54, 1.807) is 36.3 Å². The number of benzene rings is 3. The first-order valence-electron chi connectivity index (χ1n) is 14.2. The minimum atomic E-state index is -0.688. The Morgan fingerprint density at radius 1 is 0.929 bits per heavy atom. The van der Waals surface area contributed by atoms with E-state index in [0.29, 0.717) is 28.8 Å². The van der Waals surface area contributed by atoms with Crippen LogP contribution >= 0.6 is 12.2 Å². The van der Waals surface area contributed by atoms with Crippen molar-refractivity contribution in [1.29, 1.82) is 0 Å². The van der Waals surface area contributed by atoms with E-state index < -0.39 is 6.04 Å². The van der Waals surface area contributed by atoms with Crippen molar-refractivity contribution in [3.8, 4) is 5.75 Å². The molecule has 220 valence electrons. The Hall–Kier alpha value is -4.02. The van der Waals surface area contributed by atoms with Crippen molar-refractivity contribution >= 4 is 46.2 Å². The molecule has 0 spiro atoms. The number of amides is 2. The van der Waals surface area contributed by atoms with Gasteiger partial charge in [-0.25, -0.2) is 4.39 Å². The number of carbonyl (C=O) groups is 2. The summed E-state index contributed by atoms with van der Waals surface area (Å²) in [6.07, 6.45) is 0.784. The molecule has 0 saturated carbocycles. The maximum Gasteiger partial charge on any atom is 0.256 e. The van der Waals surface area contributed by atoms with Gasteiger partial charge in [0.25, 0.3) is 5.91 Å². The molecule has 0 unspecified atom stereocenters. The Labute approximate surface area is 251 Å². The lowest BCUT2D eigenvalue weighted by atomic mass is 10.1. The number of ether oxygens (including phenoxy) is 1. The molecule has 10 heteroatoms. The molecule has 8 nitrogen and oxygen atoms in total. The number of piperazine rings is 1. The van der Waals surface area contributed by atoms with Gasteiger partial charge in [0, 0.05) is 44.1 Å². The third-order valence-corrected chi connectivity index (χ3v) is 8.22. The second kappa shape index (κ2) is 13.3. The van der Waals surface area contributed by atoms with Gasteiger partial charge in [-0.2, -0.15) is 0 Å². The summed E-state index contributed by atoms with van der Waals surface area (Å²) in [5.74, 6) is 0.0184. The fourth-order valence-electron chi connectivity index (χ4n) is 5.43. The highest BCUT2D eigenvalue weighted by Gasteiger charge is 2.43. The first-order chi connectivity index (χ1) is 20.3. The van der Waals surface area contributed by atoms with Crippen LogP contribution in [-0.4, -0.2) is 79.1 Å². The highest BCUT2D eigenvalue weighted by molar-refractivity contribution is 7.80. The lowest BCUT2D eigenvalue weighted by Gasteiger charge is -2.36. The van der Waals surface area contributed by atoms with Crippen molar-refractivity contribution in [3.05, 3.63) is 84.2 Å². The molecule has 2 aliphatic heterocycles. The summed E-state index contributed by atoms with van der Waals surface area (Å²) in [4.78, 5) is 34.9. The molecule has 3 aromatic carbocycles. The van der Waals surface area contributed by atoms with Crippen LogP contribution < -0.4 is 19.9 Å². The minimum absolute atomic E-state index is 0.0102. The van der Waals surface area contributed by atoms with Crippen molar-refractivity contribution in [2.45, 2.75) is 25.8 Å². The van der Waals surface area contributed by atoms with Crippen LogP contribution in [0.25, 0.3) is 0 Å². The van der Waals surface area contributed by atoms with E-state index in [9.17, 15) is 14.0 Å². The highest BCUT2D eigenvalue weighted by Crippen LogP contribution is 2.28. The Kier molecular flexibility index (Phi) is 9.34. The molecular weight excluding hydrogens is 553 g/mol. The van der Waals surface area contributed by atoms with Crippen molar-refractivity contribution < 1.29 is 18.7 Å². The van der Waals surface area contributed by atoms with Crippen LogP contribution in [0.1, 0.15) is 18.4 Å². The molecule has 42 heavy (non-hydrogen) atoms. The number of rotatable bonds is 10. The van der Waals surface area contributed by atoms with Crippen molar-refractivity contribution in [2.75, 3.05) is 61.5 Å². The van der Waals surface area contributed by atoms with Crippen molar-refractivity contribution in [1.82, 2.24) is 9.80 Å². The predicted molar refractivity (Wildman–Crippen MR) is 168 cm³/mol. The number of methoxy groups -OCH3 is 1. The summed E-state index contributed by atoms with van der Waals surface area (Å²) in [7, 11) is 1.59. The minimum Gasteiger partial charge on any atom is -0.497 e. The molecule has 0 bridgehead atoms. The second-order valence-corrected chi connectivity index (χ2v) is 11.0. The van der Waals surface area contributed by atoms with Gasteiger partial charge in [-0.3, -0.25) is 19.4 Å². The van der Waals surface area contributed by atoms with Crippen LogP contribution in [0.3, 0.4) is 0 Å². The molecule has 0 aromatic heterocycles. The summed E-state index contributed by atoms with van der Waals surface area (Å²) in [5.41, 5.74) is 3.46. The second-order valence-electron chi connectivity index (χ2n) is 10.6. The van der Waals surface area contributed by atoms with E-state index >= 15 is 0 Å². The number of thiocarbonyl (C=S) groups is 1. The van der Waals surface area contributed by atoms with E-state index in [0.717, 1.165) is 50.4 Å². The zero-order chi connectivity index (χ0) is 29.6. The summed E-state index contributed by atoms with van der Waals surface area (Å²) in [6.45, 7) is 6.91. The molecule has 3 aromatic rings. The molecule has 1 atom stereocenters. The molecule has 2 fully saturated rings. The number of hydrogen-bond donors (Lipinski definition) is 1. The third-order valence-electron chi connectivity index (χ3n) is 7.80. The maximum atomic E-state index is 13.7. The molecule has 2 heterocycles. The largest absolute Gasteiger partial charge is 0.497 e. The van der Waals surface area contributed by atoms with Gasteiger partial charge in [0.2, 0.25) is 5.91 Å². The Balaban J connectivity index is 1.22. The van der Waals surface area contributed by atoms with Gasteiger partial charge < -0.3 is 19.9 Å². The molecule has 2 amide bonds. The Morgan fingerprint density at radius 2 is 1.57 bits per heavy atom. The molecule has 0 radical (unpaired) electrons. The SMILES string of the molecule is COc1ccc(NC(=O)C[C@@H]2C(=O)N(c3ccc(C)cc3)C(=S)N2CCCN2CCN(c3ccc(F)cc3)CC2)cc1. The molecule has 2 aliphatic rings. The molecular formula is C32H36FN5O3S. The van der Waals surface area contributed by atoms with E-state index in [1.165, 1.54) is 12.1 Å². The van der Waals surface area contributed by atoms with Gasteiger partial charge in [-0.1, -0.05) is 17.7 Å². The van der Waals surface area contributed by atoms with Crippen LogP contribution in [0.15, 0.2) is 72.8 Å². The standard InChI is InChI=1S/C32H36FN5O3S/c1-23-4-10-27(11-5-23)38-31(40)29(22-30(39)34-25-8-14-28(41-2)15-9-25)37(32(38)42)17-3-16-35-18-20-36(21-19-35)26-12-6-24(33)7-13-26/h4-15,29H,3,16-22H2,1-2H3,(H,34,39)/t29-/m1/s1. The fourth-order valence-corrected chi connectivity index (χ4v) is 5.84. The van der Waals surface area contributed by atoms with Gasteiger partial charge in [0.05, 0.1) is 19.2 Å². The van der Waals surface area contributed by atoms with Gasteiger partial charge in [-0.05, 0) is 92.8 Å². The monoisotopic (exact) mass is 589 g/mol. The lowest BCUT2D eigenvalue weighted by molar-refractivity contribution is -0.124. The Bertz CT molecular complexity index is 1390. The zero-order valence-electron chi connectivity index (χ0n) is 24.0. The topological polar surface area (TPSA) is 68.4 Å². The number of halogens is 1. The van der Waals surface area contributed by atoms with Crippen molar-refractivity contribution in [2.24, 2.45) is 0 Å². The summed E-state index contributed by atoms with van der Waals surface area (Å²) < 4.78 is 18.5. The average molecular weight is 590 g/mol. The zero-order valence-corrected chi connectivity index (χ0v) is 24.8. The number of carbonyl (C=O) groups excluding carboxylic acids is 2. The summed E-state index contributed by atoms with van der Waals surface area (Å²) in [5, 5.41) is 3.32. The first kappa shape index (κ1) is 29.5. The number of nitrogens with one attached hydrogen (secondary N) is 1. The molecule has 0 aliphatic carbocycles. The van der Waals surface area contributed by atoms with E-state index in [2.05, 4.69) is 15.1 Å². The summed E-state index contributed by atoms with van der Waals surface area (Å²) >= 11 is 5.83.